The van der Waals surface area contributed by atoms with Crippen LogP contribution in [0, 0.1) is 13.8 Å². The minimum absolute atomic E-state index is 0.0288. The van der Waals surface area contributed by atoms with Crippen LogP contribution in [0.1, 0.15) is 43.2 Å². The number of hydrogen-bond acceptors (Lipinski definition) is 12. The minimum atomic E-state index is -1.06. The van der Waals surface area contributed by atoms with E-state index >= 15 is 0 Å². The van der Waals surface area contributed by atoms with Gasteiger partial charge in [-0.1, -0.05) is 24.3 Å². The summed E-state index contributed by atoms with van der Waals surface area (Å²) in [4.78, 5) is 58.2. The van der Waals surface area contributed by atoms with Gasteiger partial charge < -0.3 is 39.8 Å². The Labute approximate surface area is 312 Å². The van der Waals surface area contributed by atoms with Gasteiger partial charge in [-0.15, -0.1) is 0 Å². The van der Waals surface area contributed by atoms with Gasteiger partial charge >= 0.3 is 11.9 Å². The van der Waals surface area contributed by atoms with E-state index in [1.54, 1.807) is 12.1 Å². The number of nitrogens with one attached hydrogen (secondary N) is 4. The van der Waals surface area contributed by atoms with Crippen LogP contribution in [0.15, 0.2) is 60.9 Å². The third-order valence-electron chi connectivity index (χ3n) is 8.59. The van der Waals surface area contributed by atoms with Gasteiger partial charge in [-0.25, -0.2) is 0 Å². The average Bonchev–Trinajstić information content (AvgIpc) is 3.16. The molecule has 0 saturated carbocycles. The van der Waals surface area contributed by atoms with Gasteiger partial charge in [-0.3, -0.25) is 39.8 Å². The van der Waals surface area contributed by atoms with Crippen LogP contribution in [0.25, 0.3) is 11.1 Å². The topological polar surface area (TPSA) is 220 Å². The number of nitrogens with zero attached hydrogens (tertiary/aromatic N) is 2. The summed E-state index contributed by atoms with van der Waals surface area (Å²) in [6.45, 7) is 3.94. The van der Waals surface area contributed by atoms with E-state index in [2.05, 4.69) is 31.2 Å². The van der Waals surface area contributed by atoms with Crippen LogP contribution in [-0.4, -0.2) is 97.7 Å². The highest BCUT2D eigenvalue weighted by atomic mass is 16.5. The number of hydrogen-bond donors (Lipinski definition) is 6. The minimum Gasteiger partial charge on any atom is -0.496 e. The molecule has 0 aliphatic heterocycles. The number of ether oxygens (including phenoxy) is 4. The van der Waals surface area contributed by atoms with Gasteiger partial charge in [-0.2, -0.15) is 0 Å². The fraction of sp³-hybridized carbons (Fsp3) is 0.316. The quantitative estimate of drug-likeness (QED) is 0.0808. The van der Waals surface area contributed by atoms with Crippen molar-refractivity contribution in [2.24, 2.45) is 0 Å². The summed E-state index contributed by atoms with van der Waals surface area (Å²) in [5, 5.41) is 30.4. The van der Waals surface area contributed by atoms with E-state index < -0.39 is 35.8 Å². The first-order chi connectivity index (χ1) is 25.9. The van der Waals surface area contributed by atoms with E-state index in [9.17, 15) is 29.4 Å². The van der Waals surface area contributed by atoms with Crippen molar-refractivity contribution >= 4 is 35.1 Å². The third-order valence-corrected chi connectivity index (χ3v) is 8.59. The molecule has 0 bridgehead atoms. The van der Waals surface area contributed by atoms with Crippen LogP contribution < -0.4 is 30.7 Å². The van der Waals surface area contributed by atoms with Crippen LogP contribution >= 0.6 is 0 Å². The van der Waals surface area contributed by atoms with Gasteiger partial charge in [-0.05, 0) is 48.2 Å². The van der Waals surface area contributed by atoms with Gasteiger partial charge in [0.2, 0.25) is 0 Å². The molecule has 16 nitrogen and oxygen atoms in total. The van der Waals surface area contributed by atoms with E-state index in [4.69, 9.17) is 18.9 Å². The summed E-state index contributed by atoms with van der Waals surface area (Å²) in [5.74, 6) is -2.36. The molecule has 16 heteroatoms. The number of benzene rings is 2. The summed E-state index contributed by atoms with van der Waals surface area (Å²) in [7, 11) is 5.72. The highest BCUT2D eigenvalue weighted by molar-refractivity contribution is 6.05. The van der Waals surface area contributed by atoms with Gasteiger partial charge in [0, 0.05) is 74.3 Å². The van der Waals surface area contributed by atoms with Gasteiger partial charge in [0.1, 0.15) is 35.0 Å². The zero-order valence-electron chi connectivity index (χ0n) is 30.8. The molecule has 2 aromatic heterocycles. The number of methoxy groups -OCH3 is 4. The predicted octanol–water partition coefficient (Wildman–Crippen LogP) is 3.66. The molecule has 0 spiro atoms. The average molecular weight is 745 g/mol. The van der Waals surface area contributed by atoms with E-state index in [1.165, 1.54) is 53.0 Å². The van der Waals surface area contributed by atoms with E-state index in [0.717, 1.165) is 22.3 Å². The zero-order valence-corrected chi connectivity index (χ0v) is 30.8. The molecule has 0 radical (unpaired) electrons. The standard InChI is InChI=1S/C38H44N6O10/c1-21-25(9-7-11-27(21)43-35(45)29-13-33(53-5)23(15-39-29)17-41-31(19-51-3)37(47)48)26-10-8-12-28(22(26)2)44-36(46)30-14-34(54-6)24(16-40-30)18-42-32(20-52-4)38(49)50/h7-16,31-32,41-42H,17-20H2,1-6H3,(H,43,45)(H,44,46)(H,47,48)(H,49,50)/t31-,32-/m1/s1. The normalized spacial score (nSPS) is 12.0. The second-order valence-corrected chi connectivity index (χ2v) is 12.1. The lowest BCUT2D eigenvalue weighted by Crippen LogP contribution is -2.39. The van der Waals surface area contributed by atoms with Crippen molar-refractivity contribution < 1.29 is 48.3 Å². The number of anilines is 2. The number of aromatic nitrogens is 2. The molecule has 6 N–H and O–H groups in total. The smallest absolute Gasteiger partial charge is 0.323 e. The van der Waals surface area contributed by atoms with Crippen molar-refractivity contribution in [3.05, 3.63) is 94.6 Å². The van der Waals surface area contributed by atoms with Gasteiger partial charge in [0.25, 0.3) is 11.8 Å². The van der Waals surface area contributed by atoms with Crippen LogP contribution in [0.2, 0.25) is 0 Å². The van der Waals surface area contributed by atoms with Gasteiger partial charge in [0.15, 0.2) is 0 Å². The maximum Gasteiger partial charge on any atom is 0.323 e. The zero-order chi connectivity index (χ0) is 39.4. The SMILES string of the molecule is COC[C@@H](NCc1cnc(C(=O)Nc2cccc(-c3cccc(NC(=O)c4cc(OC)c(CN[C@H](COC)C(=O)O)cn4)c3C)c2C)cc1OC)C(=O)O. The van der Waals surface area contributed by atoms with Crippen molar-refractivity contribution in [2.75, 3.05) is 52.3 Å². The number of carboxylic acids is 2. The lowest BCUT2D eigenvalue weighted by molar-refractivity contribution is -0.141. The number of amides is 2. The van der Waals surface area contributed by atoms with Crippen molar-refractivity contribution in [3.63, 3.8) is 0 Å². The van der Waals surface area contributed by atoms with E-state index in [-0.39, 0.29) is 37.7 Å². The summed E-state index contributed by atoms with van der Waals surface area (Å²) in [6.07, 6.45) is 2.91. The second-order valence-electron chi connectivity index (χ2n) is 12.1. The van der Waals surface area contributed by atoms with E-state index in [1.807, 2.05) is 38.1 Å². The van der Waals surface area contributed by atoms with Gasteiger partial charge in [0.05, 0.1) is 27.4 Å². The molecule has 0 saturated heterocycles. The summed E-state index contributed by atoms with van der Waals surface area (Å²) < 4.78 is 20.8. The number of carbonyl (C=O) groups excluding carboxylic acids is 2. The lowest BCUT2D eigenvalue weighted by atomic mass is 9.94. The highest BCUT2D eigenvalue weighted by Gasteiger charge is 2.21. The number of carboxylic acid groups (broad SMARTS) is 2. The summed E-state index contributed by atoms with van der Waals surface area (Å²) in [6, 6.07) is 12.1. The monoisotopic (exact) mass is 744 g/mol. The van der Waals surface area contributed by atoms with E-state index in [0.29, 0.717) is 34.0 Å². The largest absolute Gasteiger partial charge is 0.496 e. The molecular weight excluding hydrogens is 700 g/mol. The Bertz CT molecular complexity index is 1850. The fourth-order valence-electron chi connectivity index (χ4n) is 5.56. The summed E-state index contributed by atoms with van der Waals surface area (Å²) in [5.41, 5.74) is 5.59. The molecule has 286 valence electrons. The molecular formula is C38H44N6O10. The first kappa shape index (κ1) is 40.8. The molecule has 0 aliphatic rings. The third kappa shape index (κ3) is 10.1. The second kappa shape index (κ2) is 19.2. The number of rotatable bonds is 19. The maximum atomic E-state index is 13.4. The first-order valence-electron chi connectivity index (χ1n) is 16.7. The number of pyridine rings is 2. The molecule has 2 atom stereocenters. The molecule has 0 fully saturated rings. The Morgan fingerprint density at radius 2 is 1.04 bits per heavy atom. The lowest BCUT2D eigenvalue weighted by Gasteiger charge is -2.17. The molecule has 2 heterocycles. The molecule has 2 amide bonds. The Hall–Kier alpha value is -5.94. The predicted molar refractivity (Wildman–Crippen MR) is 199 cm³/mol. The first-order valence-corrected chi connectivity index (χ1v) is 16.7. The summed E-state index contributed by atoms with van der Waals surface area (Å²) >= 11 is 0. The van der Waals surface area contributed by atoms with Crippen molar-refractivity contribution in [3.8, 4) is 22.6 Å². The Morgan fingerprint density at radius 3 is 1.37 bits per heavy atom. The van der Waals surface area contributed by atoms with Crippen molar-refractivity contribution in [1.82, 2.24) is 20.6 Å². The molecule has 54 heavy (non-hydrogen) atoms. The van der Waals surface area contributed by atoms with Crippen molar-refractivity contribution in [2.45, 2.75) is 39.0 Å². The molecule has 0 unspecified atom stereocenters. The molecule has 4 rings (SSSR count). The molecule has 4 aromatic rings. The van der Waals surface area contributed by atoms with Crippen LogP contribution in [0.4, 0.5) is 11.4 Å². The van der Waals surface area contributed by atoms with Crippen LogP contribution in [-0.2, 0) is 32.2 Å². The number of aliphatic carboxylic acids is 2. The molecule has 0 aliphatic carbocycles. The Kier molecular flexibility index (Phi) is 14.5. The highest BCUT2D eigenvalue weighted by Crippen LogP contribution is 2.34. The van der Waals surface area contributed by atoms with Crippen LogP contribution in [0.5, 0.6) is 11.5 Å². The maximum absolute atomic E-state index is 13.4. The Morgan fingerprint density at radius 1 is 0.648 bits per heavy atom. The molecule has 2 aromatic carbocycles. The van der Waals surface area contributed by atoms with Crippen molar-refractivity contribution in [1.29, 1.82) is 0 Å². The fourth-order valence-corrected chi connectivity index (χ4v) is 5.56. The number of carbonyl (C=O) groups is 4. The Balaban J connectivity index is 1.50. The van der Waals surface area contributed by atoms with Crippen LogP contribution in [0.3, 0.4) is 0 Å².